The lowest BCUT2D eigenvalue weighted by atomic mass is 10.2. The Bertz CT molecular complexity index is 1100. The van der Waals surface area contributed by atoms with Gasteiger partial charge in [0.2, 0.25) is 0 Å². The predicted octanol–water partition coefficient (Wildman–Crippen LogP) is 3.17. The summed E-state index contributed by atoms with van der Waals surface area (Å²) in [7, 11) is 5.21. The van der Waals surface area contributed by atoms with E-state index in [1.165, 1.54) is 0 Å². The summed E-state index contributed by atoms with van der Waals surface area (Å²) in [6.07, 6.45) is 0. The molecular weight excluding hydrogens is 416 g/mol. The minimum atomic E-state index is -0.188. The highest BCUT2D eigenvalue weighted by Gasteiger charge is 2.24. The van der Waals surface area contributed by atoms with E-state index in [1.807, 2.05) is 60.3 Å². The number of benzene rings is 2. The molecule has 0 spiro atoms. The Balaban J connectivity index is 1.48. The summed E-state index contributed by atoms with van der Waals surface area (Å²) in [5.41, 5.74) is 2.50. The molecule has 2 heterocycles. The SMILES string of the molecule is COc1ccc(N2CCN(Cc3c(Cl)c(=O)n(-c4ccccc4)n3C)CC2)c(OC)c1. The van der Waals surface area contributed by atoms with Gasteiger partial charge in [0.1, 0.15) is 16.5 Å². The number of ether oxygens (including phenoxy) is 2. The Kier molecular flexibility index (Phi) is 6.25. The number of aromatic nitrogens is 2. The topological polar surface area (TPSA) is 51.9 Å². The molecule has 0 radical (unpaired) electrons. The van der Waals surface area contributed by atoms with Gasteiger partial charge < -0.3 is 14.4 Å². The normalized spacial score (nSPS) is 14.6. The van der Waals surface area contributed by atoms with Crippen LogP contribution in [-0.2, 0) is 13.6 Å². The third-order valence-corrected chi connectivity index (χ3v) is 6.18. The van der Waals surface area contributed by atoms with Crippen molar-refractivity contribution in [3.8, 4) is 17.2 Å². The number of nitrogens with zero attached hydrogens (tertiary/aromatic N) is 4. The van der Waals surface area contributed by atoms with Crippen molar-refractivity contribution in [3.63, 3.8) is 0 Å². The summed E-state index contributed by atoms with van der Waals surface area (Å²) in [5.74, 6) is 1.58. The van der Waals surface area contributed by atoms with Crippen LogP contribution < -0.4 is 19.9 Å². The van der Waals surface area contributed by atoms with Crippen molar-refractivity contribution in [3.05, 3.63) is 69.6 Å². The van der Waals surface area contributed by atoms with Crippen molar-refractivity contribution in [2.24, 2.45) is 7.05 Å². The fourth-order valence-electron chi connectivity index (χ4n) is 4.05. The van der Waals surface area contributed by atoms with Crippen LogP contribution in [0.2, 0.25) is 5.02 Å². The Hall–Kier alpha value is -2.90. The van der Waals surface area contributed by atoms with E-state index in [9.17, 15) is 4.79 Å². The molecule has 2 aromatic carbocycles. The Morgan fingerprint density at radius 2 is 1.68 bits per heavy atom. The fourth-order valence-corrected chi connectivity index (χ4v) is 4.31. The zero-order chi connectivity index (χ0) is 22.0. The number of piperazine rings is 1. The van der Waals surface area contributed by atoms with E-state index in [2.05, 4.69) is 9.80 Å². The first-order valence-corrected chi connectivity index (χ1v) is 10.6. The zero-order valence-electron chi connectivity index (χ0n) is 18.0. The van der Waals surface area contributed by atoms with E-state index in [0.29, 0.717) is 6.54 Å². The van der Waals surface area contributed by atoms with Crippen molar-refractivity contribution in [2.75, 3.05) is 45.3 Å². The van der Waals surface area contributed by atoms with Crippen molar-refractivity contribution >= 4 is 17.3 Å². The summed E-state index contributed by atoms with van der Waals surface area (Å²) < 4.78 is 14.3. The second-order valence-corrected chi connectivity index (χ2v) is 7.92. The van der Waals surface area contributed by atoms with Gasteiger partial charge in [-0.1, -0.05) is 29.8 Å². The Labute approximate surface area is 186 Å². The molecule has 1 aliphatic heterocycles. The molecule has 0 saturated carbocycles. The molecule has 31 heavy (non-hydrogen) atoms. The molecule has 3 aromatic rings. The second-order valence-electron chi connectivity index (χ2n) is 7.54. The van der Waals surface area contributed by atoms with Crippen LogP contribution in [0.25, 0.3) is 5.69 Å². The standard InChI is InChI=1S/C23H27ClN4O3/c1-25-20(22(24)23(29)28(25)17-7-5-4-6-8-17)16-26-11-13-27(14-12-26)19-10-9-18(30-2)15-21(19)31-3/h4-10,15H,11-14,16H2,1-3H3. The number of para-hydroxylation sites is 1. The van der Waals surface area contributed by atoms with Gasteiger partial charge in [-0.3, -0.25) is 14.4 Å². The van der Waals surface area contributed by atoms with Gasteiger partial charge in [0.15, 0.2) is 0 Å². The molecule has 7 nitrogen and oxygen atoms in total. The van der Waals surface area contributed by atoms with Gasteiger partial charge in [-0.05, 0) is 24.3 Å². The lowest BCUT2D eigenvalue weighted by molar-refractivity contribution is 0.242. The largest absolute Gasteiger partial charge is 0.497 e. The van der Waals surface area contributed by atoms with Crippen LogP contribution >= 0.6 is 11.6 Å². The first kappa shape index (κ1) is 21.3. The minimum Gasteiger partial charge on any atom is -0.497 e. The van der Waals surface area contributed by atoms with E-state index in [0.717, 1.165) is 54.7 Å². The molecule has 1 aromatic heterocycles. The maximum atomic E-state index is 12.8. The third-order valence-electron chi connectivity index (χ3n) is 5.80. The lowest BCUT2D eigenvalue weighted by Crippen LogP contribution is -2.46. The second kappa shape index (κ2) is 9.08. The molecule has 0 atom stereocenters. The van der Waals surface area contributed by atoms with Gasteiger partial charge in [0.05, 0.1) is 31.3 Å². The first-order valence-electron chi connectivity index (χ1n) is 10.2. The molecular formula is C23H27ClN4O3. The molecule has 8 heteroatoms. The van der Waals surface area contributed by atoms with Crippen LogP contribution in [-0.4, -0.2) is 54.7 Å². The molecule has 1 fully saturated rings. The number of hydrogen-bond acceptors (Lipinski definition) is 5. The zero-order valence-corrected chi connectivity index (χ0v) is 18.8. The molecule has 0 unspecified atom stereocenters. The van der Waals surface area contributed by atoms with E-state index >= 15 is 0 Å². The Morgan fingerprint density at radius 1 is 0.968 bits per heavy atom. The number of halogens is 1. The van der Waals surface area contributed by atoms with Crippen LogP contribution in [0, 0.1) is 0 Å². The lowest BCUT2D eigenvalue weighted by Gasteiger charge is -2.36. The van der Waals surface area contributed by atoms with Crippen molar-refractivity contribution in [1.29, 1.82) is 0 Å². The fraction of sp³-hybridized carbons (Fsp3) is 0.348. The average molecular weight is 443 g/mol. The summed E-state index contributed by atoms with van der Waals surface area (Å²) in [6, 6.07) is 15.5. The molecule has 4 rings (SSSR count). The van der Waals surface area contributed by atoms with Crippen molar-refractivity contribution in [2.45, 2.75) is 6.54 Å². The van der Waals surface area contributed by atoms with Crippen LogP contribution in [0.5, 0.6) is 11.5 Å². The number of methoxy groups -OCH3 is 2. The highest BCUT2D eigenvalue weighted by molar-refractivity contribution is 6.31. The maximum absolute atomic E-state index is 12.8. The molecule has 164 valence electrons. The molecule has 0 bridgehead atoms. The smallest absolute Gasteiger partial charge is 0.290 e. The van der Waals surface area contributed by atoms with E-state index in [1.54, 1.807) is 18.9 Å². The van der Waals surface area contributed by atoms with Crippen LogP contribution in [0.15, 0.2) is 53.3 Å². The number of hydrogen-bond donors (Lipinski definition) is 0. The molecule has 0 amide bonds. The highest BCUT2D eigenvalue weighted by Crippen LogP contribution is 2.33. The number of anilines is 1. The van der Waals surface area contributed by atoms with Gasteiger partial charge in [-0.25, -0.2) is 4.68 Å². The van der Waals surface area contributed by atoms with E-state index in [-0.39, 0.29) is 10.6 Å². The summed E-state index contributed by atoms with van der Waals surface area (Å²) in [6.45, 7) is 4.05. The third kappa shape index (κ3) is 4.16. The molecule has 1 saturated heterocycles. The van der Waals surface area contributed by atoms with Crippen LogP contribution in [0.3, 0.4) is 0 Å². The van der Waals surface area contributed by atoms with Crippen LogP contribution in [0.1, 0.15) is 5.69 Å². The monoisotopic (exact) mass is 442 g/mol. The first-order chi connectivity index (χ1) is 15.0. The average Bonchev–Trinajstić information content (AvgIpc) is 3.02. The van der Waals surface area contributed by atoms with Gasteiger partial charge in [-0.15, -0.1) is 0 Å². The molecule has 0 N–H and O–H groups in total. The van der Waals surface area contributed by atoms with Gasteiger partial charge in [0, 0.05) is 45.8 Å². The van der Waals surface area contributed by atoms with Crippen molar-refractivity contribution < 1.29 is 9.47 Å². The highest BCUT2D eigenvalue weighted by atomic mass is 35.5. The number of rotatable bonds is 6. The van der Waals surface area contributed by atoms with Gasteiger partial charge in [0.25, 0.3) is 5.56 Å². The van der Waals surface area contributed by atoms with Crippen molar-refractivity contribution in [1.82, 2.24) is 14.3 Å². The van der Waals surface area contributed by atoms with E-state index in [4.69, 9.17) is 21.1 Å². The van der Waals surface area contributed by atoms with Crippen LogP contribution in [0.4, 0.5) is 5.69 Å². The van der Waals surface area contributed by atoms with E-state index < -0.39 is 0 Å². The van der Waals surface area contributed by atoms with Gasteiger partial charge >= 0.3 is 0 Å². The Morgan fingerprint density at radius 3 is 2.32 bits per heavy atom. The predicted molar refractivity (Wildman–Crippen MR) is 123 cm³/mol. The quantitative estimate of drug-likeness (QED) is 0.587. The minimum absolute atomic E-state index is 0.188. The summed E-state index contributed by atoms with van der Waals surface area (Å²) in [4.78, 5) is 17.4. The molecule has 1 aliphatic rings. The summed E-state index contributed by atoms with van der Waals surface area (Å²) in [5, 5.41) is 0.283. The molecule has 0 aliphatic carbocycles. The maximum Gasteiger partial charge on any atom is 0.290 e. The summed E-state index contributed by atoms with van der Waals surface area (Å²) >= 11 is 6.46. The van der Waals surface area contributed by atoms with Gasteiger partial charge in [-0.2, -0.15) is 0 Å².